The molecule has 2 saturated carbocycles. The molecule has 8 nitrogen and oxygen atoms in total. The molecule has 2 aliphatic heterocycles. The Bertz CT molecular complexity index is 1420. The Hall–Kier alpha value is -3.27. The molecule has 3 aromatic rings. The van der Waals surface area contributed by atoms with Crippen LogP contribution in [0.25, 0.3) is 5.65 Å². The Morgan fingerprint density at radius 1 is 1.34 bits per heavy atom. The summed E-state index contributed by atoms with van der Waals surface area (Å²) in [4.78, 5) is 30.6. The van der Waals surface area contributed by atoms with Crippen molar-refractivity contribution in [2.45, 2.75) is 69.4 Å². The zero-order chi connectivity index (χ0) is 24.7. The number of imidazole rings is 1. The summed E-state index contributed by atoms with van der Waals surface area (Å²) < 4.78 is 43.5. The molecule has 2 aliphatic carbocycles. The number of carbonyl (C=O) groups excluding carboxylic acids is 1. The van der Waals surface area contributed by atoms with Crippen LogP contribution in [0.1, 0.15) is 62.1 Å². The van der Waals surface area contributed by atoms with Gasteiger partial charge in [-0.15, -0.1) is 0 Å². The summed E-state index contributed by atoms with van der Waals surface area (Å²) in [6, 6.07) is 2.48. The highest BCUT2D eigenvalue weighted by Crippen LogP contribution is 2.58. The summed E-state index contributed by atoms with van der Waals surface area (Å²) in [6.45, 7) is 6.04. The second-order valence-electron chi connectivity index (χ2n) is 10.5. The number of anilines is 1. The molecule has 5 heterocycles. The summed E-state index contributed by atoms with van der Waals surface area (Å²) >= 11 is 0. The number of carbonyl (C=O) groups is 1. The van der Waals surface area contributed by atoms with Crippen molar-refractivity contribution in [1.82, 2.24) is 14.0 Å². The Kier molecular flexibility index (Phi) is 4.67. The number of amides is 1. The largest absolute Gasteiger partial charge is 0.487 e. The standard InChI is InChI=1S/C25H26F2N4O4/c1-13(2)35-20-14(22(32)28-16-5-4-6-31(23(16)33)17-7-15(17)26)8-30-9-18(29-21(30)19(20)27)25-10-24(3,11-25)34-12-25/h4-6,8-9,13,15,17H,7,10-12H2,1-3H3,(H,28,32)/t15-,17+,24?,25?/m0/s1. The van der Waals surface area contributed by atoms with Crippen molar-refractivity contribution in [3.05, 3.63) is 58.2 Å². The van der Waals surface area contributed by atoms with E-state index in [0.29, 0.717) is 6.61 Å². The van der Waals surface area contributed by atoms with Crippen LogP contribution in [0.2, 0.25) is 0 Å². The zero-order valence-corrected chi connectivity index (χ0v) is 19.7. The van der Waals surface area contributed by atoms with Crippen LogP contribution >= 0.6 is 0 Å². The maximum absolute atomic E-state index is 15.7. The number of nitrogens with one attached hydrogen (secondary N) is 1. The van der Waals surface area contributed by atoms with Crippen molar-refractivity contribution in [1.29, 1.82) is 0 Å². The third-order valence-electron chi connectivity index (χ3n) is 7.16. The van der Waals surface area contributed by atoms with Crippen molar-refractivity contribution >= 4 is 17.2 Å². The van der Waals surface area contributed by atoms with Gasteiger partial charge >= 0.3 is 0 Å². The predicted molar refractivity (Wildman–Crippen MR) is 123 cm³/mol. The molecule has 184 valence electrons. The molecule has 7 rings (SSSR count). The Morgan fingerprint density at radius 2 is 2.09 bits per heavy atom. The fourth-order valence-electron chi connectivity index (χ4n) is 5.49. The van der Waals surface area contributed by atoms with Crippen LogP contribution in [0.5, 0.6) is 5.75 Å². The van der Waals surface area contributed by atoms with Gasteiger partial charge in [0.05, 0.1) is 30.0 Å². The van der Waals surface area contributed by atoms with E-state index >= 15 is 4.39 Å². The molecule has 2 bridgehead atoms. The van der Waals surface area contributed by atoms with Gasteiger partial charge in [0.25, 0.3) is 11.5 Å². The number of hydrogen-bond donors (Lipinski definition) is 1. The number of hydrogen-bond acceptors (Lipinski definition) is 5. The summed E-state index contributed by atoms with van der Waals surface area (Å²) in [5, 5.41) is 2.56. The van der Waals surface area contributed by atoms with E-state index < -0.39 is 35.6 Å². The first kappa shape index (κ1) is 22.2. The molecule has 4 fully saturated rings. The van der Waals surface area contributed by atoms with Gasteiger partial charge in [-0.1, -0.05) is 0 Å². The maximum Gasteiger partial charge on any atom is 0.274 e. The van der Waals surface area contributed by atoms with Crippen LogP contribution in [0, 0.1) is 5.82 Å². The van der Waals surface area contributed by atoms with Crippen molar-refractivity contribution < 1.29 is 23.0 Å². The topological polar surface area (TPSA) is 86.9 Å². The number of aromatic nitrogens is 3. The van der Waals surface area contributed by atoms with E-state index in [1.165, 1.54) is 27.4 Å². The van der Waals surface area contributed by atoms with Crippen molar-refractivity contribution in [3.63, 3.8) is 0 Å². The Labute approximate surface area is 199 Å². The molecule has 2 saturated heterocycles. The Morgan fingerprint density at radius 3 is 2.71 bits per heavy atom. The number of ether oxygens (including phenoxy) is 2. The lowest BCUT2D eigenvalue weighted by molar-refractivity contribution is 0.0154. The van der Waals surface area contributed by atoms with E-state index in [1.54, 1.807) is 26.1 Å². The minimum Gasteiger partial charge on any atom is -0.487 e. The van der Waals surface area contributed by atoms with E-state index in [1.807, 2.05) is 0 Å². The third-order valence-corrected chi connectivity index (χ3v) is 7.16. The fourth-order valence-corrected chi connectivity index (χ4v) is 5.49. The van der Waals surface area contributed by atoms with Crippen LogP contribution in [-0.2, 0) is 10.2 Å². The molecule has 2 atom stereocenters. The van der Waals surface area contributed by atoms with E-state index in [-0.39, 0.29) is 40.1 Å². The molecule has 1 amide bonds. The molecule has 1 N–H and O–H groups in total. The van der Waals surface area contributed by atoms with Crippen LogP contribution in [0.15, 0.2) is 35.5 Å². The highest BCUT2D eigenvalue weighted by Gasteiger charge is 2.61. The van der Waals surface area contributed by atoms with Gasteiger partial charge in [-0.2, -0.15) is 4.39 Å². The van der Waals surface area contributed by atoms with Crippen LogP contribution in [0.3, 0.4) is 0 Å². The summed E-state index contributed by atoms with van der Waals surface area (Å²) in [5.41, 5.74) is -0.234. The molecule has 0 unspecified atom stereocenters. The van der Waals surface area contributed by atoms with E-state index in [2.05, 4.69) is 17.2 Å². The minimum absolute atomic E-state index is 0.0188. The highest BCUT2D eigenvalue weighted by atomic mass is 19.1. The number of alkyl halides is 1. The van der Waals surface area contributed by atoms with Gasteiger partial charge < -0.3 is 23.8 Å². The van der Waals surface area contributed by atoms with E-state index in [4.69, 9.17) is 9.47 Å². The first-order chi connectivity index (χ1) is 16.6. The first-order valence-corrected chi connectivity index (χ1v) is 11.8. The van der Waals surface area contributed by atoms with Gasteiger partial charge in [0, 0.05) is 30.4 Å². The van der Waals surface area contributed by atoms with Crippen LogP contribution in [-0.4, -0.2) is 44.3 Å². The second kappa shape index (κ2) is 7.36. The molecular weight excluding hydrogens is 458 g/mol. The molecule has 0 aromatic carbocycles. The Balaban J connectivity index is 1.39. The van der Waals surface area contributed by atoms with E-state index in [9.17, 15) is 14.0 Å². The number of pyridine rings is 2. The fraction of sp³-hybridized carbons (Fsp3) is 0.480. The quantitative estimate of drug-likeness (QED) is 0.576. The van der Waals surface area contributed by atoms with Gasteiger partial charge in [0.2, 0.25) is 5.82 Å². The number of nitrogens with zero attached hydrogens (tertiary/aromatic N) is 3. The maximum atomic E-state index is 15.7. The predicted octanol–water partition coefficient (Wildman–Crippen LogP) is 3.78. The smallest absolute Gasteiger partial charge is 0.274 e. The summed E-state index contributed by atoms with van der Waals surface area (Å²) in [7, 11) is 0. The lowest BCUT2D eigenvalue weighted by Gasteiger charge is -2.41. The van der Waals surface area contributed by atoms with Gasteiger partial charge in [0.1, 0.15) is 17.4 Å². The van der Waals surface area contributed by atoms with Gasteiger partial charge in [-0.25, -0.2) is 9.37 Å². The molecule has 0 radical (unpaired) electrons. The summed E-state index contributed by atoms with van der Waals surface area (Å²) in [6.07, 6.45) is 5.09. The average molecular weight is 485 g/mol. The SMILES string of the molecule is CC(C)Oc1c(C(=O)Nc2cccn([C@@H]3C[C@@H]3F)c2=O)cn2cc(C34COC(C)(C3)C4)nc2c1F. The number of halogens is 2. The molecule has 35 heavy (non-hydrogen) atoms. The lowest BCUT2D eigenvalue weighted by Crippen LogP contribution is -2.45. The molecule has 10 heteroatoms. The molecular formula is C25H26F2N4O4. The molecule has 3 aromatic heterocycles. The van der Waals surface area contributed by atoms with Gasteiger partial charge in [-0.3, -0.25) is 9.59 Å². The minimum atomic E-state index is -1.07. The molecule has 0 spiro atoms. The third kappa shape index (κ3) is 3.45. The average Bonchev–Trinajstić information content (AvgIpc) is 3.11. The molecule has 4 aliphatic rings. The second-order valence-corrected chi connectivity index (χ2v) is 10.5. The first-order valence-electron chi connectivity index (χ1n) is 11.8. The van der Waals surface area contributed by atoms with Crippen molar-refractivity contribution in [2.75, 3.05) is 11.9 Å². The summed E-state index contributed by atoms with van der Waals surface area (Å²) in [5.74, 6) is -1.69. The monoisotopic (exact) mass is 484 g/mol. The lowest BCUT2D eigenvalue weighted by atomic mass is 9.62. The highest BCUT2D eigenvalue weighted by molar-refractivity contribution is 6.06. The van der Waals surface area contributed by atoms with Crippen molar-refractivity contribution in [2.24, 2.45) is 0 Å². The number of rotatable bonds is 6. The van der Waals surface area contributed by atoms with Crippen molar-refractivity contribution in [3.8, 4) is 5.75 Å². The number of fused-ring (bicyclic) bond motifs is 2. The van der Waals surface area contributed by atoms with E-state index in [0.717, 1.165) is 18.5 Å². The van der Waals surface area contributed by atoms with Crippen LogP contribution in [0.4, 0.5) is 14.5 Å². The zero-order valence-electron chi connectivity index (χ0n) is 19.7. The van der Waals surface area contributed by atoms with Gasteiger partial charge in [-0.05, 0) is 45.7 Å². The normalized spacial score (nSPS) is 28.9. The van der Waals surface area contributed by atoms with Gasteiger partial charge in [0.15, 0.2) is 11.4 Å². The van der Waals surface area contributed by atoms with Crippen LogP contribution < -0.4 is 15.6 Å².